The predicted octanol–water partition coefficient (Wildman–Crippen LogP) is 1.58. The molecule has 3 N–H and O–H groups in total. The van der Waals surface area contributed by atoms with Crippen molar-refractivity contribution >= 4 is 11.6 Å². The third kappa shape index (κ3) is 2.07. The Hall–Kier alpha value is -1.72. The van der Waals surface area contributed by atoms with Crippen LogP contribution in [0.2, 0.25) is 5.02 Å². The molecule has 1 heterocycles. The fraction of sp³-hybridized carbons (Fsp3) is 0.182. The highest BCUT2D eigenvalue weighted by molar-refractivity contribution is 6.30. The predicted molar refractivity (Wildman–Crippen MR) is 63.7 cm³/mol. The van der Waals surface area contributed by atoms with Crippen molar-refractivity contribution in [3.05, 3.63) is 45.5 Å². The van der Waals surface area contributed by atoms with Crippen LogP contribution < -0.4 is 5.69 Å². The zero-order valence-electron chi connectivity index (χ0n) is 9.01. The van der Waals surface area contributed by atoms with Gasteiger partial charge < -0.3 is 15.2 Å². The molecule has 90 valence electrons. The van der Waals surface area contributed by atoms with E-state index < -0.39 is 11.8 Å². The molecule has 0 saturated carbocycles. The monoisotopic (exact) mass is 254 g/mol. The second-order valence-corrected chi connectivity index (χ2v) is 4.09. The van der Waals surface area contributed by atoms with Crippen LogP contribution in [0.4, 0.5) is 0 Å². The maximum Gasteiger partial charge on any atom is 0.333 e. The third-order valence-electron chi connectivity index (χ3n) is 2.40. The zero-order chi connectivity index (χ0) is 12.6. The quantitative estimate of drug-likeness (QED) is 0.761. The number of halogens is 1. The lowest BCUT2D eigenvalue weighted by molar-refractivity contribution is 0.190. The van der Waals surface area contributed by atoms with Crippen LogP contribution in [0.25, 0.3) is 5.69 Å². The molecule has 0 amide bonds. The van der Waals surface area contributed by atoms with Crippen LogP contribution in [-0.2, 0) is 0 Å². The number of H-pyrrole nitrogens is 1. The zero-order valence-corrected chi connectivity index (χ0v) is 9.77. The lowest BCUT2D eigenvalue weighted by Crippen LogP contribution is -2.14. The number of aliphatic hydroxyl groups excluding tert-OH is 1. The van der Waals surface area contributed by atoms with Crippen molar-refractivity contribution in [3.8, 4) is 11.6 Å². The van der Waals surface area contributed by atoms with Gasteiger partial charge in [-0.25, -0.2) is 9.36 Å². The van der Waals surface area contributed by atoms with Gasteiger partial charge in [0.05, 0.1) is 11.8 Å². The molecule has 0 saturated heterocycles. The summed E-state index contributed by atoms with van der Waals surface area (Å²) in [4.78, 5) is 14.1. The number of hydrogen-bond acceptors (Lipinski definition) is 3. The number of aromatic nitrogens is 2. The molecule has 1 aromatic heterocycles. The first kappa shape index (κ1) is 11.8. The fourth-order valence-corrected chi connectivity index (χ4v) is 1.69. The standard InChI is InChI=1S/C11H11ClN2O3/c1-6(15)9-10(16)14(11(17)13-9)8-4-2-7(12)3-5-8/h2-6,15-16H,1H3,(H,13,17). The molecule has 0 radical (unpaired) electrons. The molecule has 1 unspecified atom stereocenters. The van der Waals surface area contributed by atoms with E-state index in [0.717, 1.165) is 4.57 Å². The number of aliphatic hydroxyl groups is 1. The van der Waals surface area contributed by atoms with Crippen LogP contribution in [0.1, 0.15) is 18.7 Å². The Morgan fingerprint density at radius 2 is 1.94 bits per heavy atom. The SMILES string of the molecule is CC(O)c1[nH]c(=O)n(-c2ccc(Cl)cc2)c1O. The lowest BCUT2D eigenvalue weighted by atomic mass is 10.3. The van der Waals surface area contributed by atoms with Crippen LogP contribution in [0.5, 0.6) is 5.88 Å². The molecule has 0 bridgehead atoms. The van der Waals surface area contributed by atoms with E-state index >= 15 is 0 Å². The van der Waals surface area contributed by atoms with Crippen LogP contribution in [-0.4, -0.2) is 19.8 Å². The van der Waals surface area contributed by atoms with Gasteiger partial charge in [-0.05, 0) is 31.2 Å². The summed E-state index contributed by atoms with van der Waals surface area (Å²) in [7, 11) is 0. The molecular formula is C11H11ClN2O3. The first-order valence-corrected chi connectivity index (χ1v) is 5.36. The van der Waals surface area contributed by atoms with Gasteiger partial charge in [0.2, 0.25) is 5.88 Å². The van der Waals surface area contributed by atoms with E-state index in [0.29, 0.717) is 10.7 Å². The molecule has 1 aromatic carbocycles. The summed E-state index contributed by atoms with van der Waals surface area (Å²) >= 11 is 5.74. The molecule has 0 spiro atoms. The van der Waals surface area contributed by atoms with Gasteiger partial charge in [-0.1, -0.05) is 11.6 Å². The van der Waals surface area contributed by atoms with Gasteiger partial charge in [0, 0.05) is 5.02 Å². The van der Waals surface area contributed by atoms with Crippen LogP contribution >= 0.6 is 11.6 Å². The Kier molecular flexibility index (Phi) is 2.95. The molecule has 0 aliphatic heterocycles. The Bertz CT molecular complexity index is 584. The molecule has 0 aliphatic rings. The van der Waals surface area contributed by atoms with Crippen molar-refractivity contribution < 1.29 is 10.2 Å². The fourth-order valence-electron chi connectivity index (χ4n) is 1.56. The molecule has 6 heteroatoms. The molecule has 17 heavy (non-hydrogen) atoms. The van der Waals surface area contributed by atoms with E-state index in [4.69, 9.17) is 11.6 Å². The number of hydrogen-bond donors (Lipinski definition) is 3. The van der Waals surface area contributed by atoms with Gasteiger partial charge in [-0.3, -0.25) is 0 Å². The van der Waals surface area contributed by atoms with E-state index in [1.165, 1.54) is 6.92 Å². The van der Waals surface area contributed by atoms with Gasteiger partial charge in [0.15, 0.2) is 0 Å². The van der Waals surface area contributed by atoms with Crippen molar-refractivity contribution in [3.63, 3.8) is 0 Å². The van der Waals surface area contributed by atoms with E-state index in [9.17, 15) is 15.0 Å². The van der Waals surface area contributed by atoms with E-state index in [1.54, 1.807) is 24.3 Å². The summed E-state index contributed by atoms with van der Waals surface area (Å²) < 4.78 is 1.07. The Balaban J connectivity index is 2.60. The van der Waals surface area contributed by atoms with Crippen molar-refractivity contribution in [1.29, 1.82) is 0 Å². The second kappa shape index (κ2) is 4.27. The van der Waals surface area contributed by atoms with Crippen LogP contribution in [0.15, 0.2) is 29.1 Å². The average Bonchev–Trinajstić information content (AvgIpc) is 2.56. The Morgan fingerprint density at radius 3 is 2.41 bits per heavy atom. The number of nitrogens with one attached hydrogen (secondary N) is 1. The number of benzene rings is 1. The summed E-state index contributed by atoms with van der Waals surface area (Å²) in [5.41, 5.74) is 0.0470. The van der Waals surface area contributed by atoms with Crippen molar-refractivity contribution in [2.45, 2.75) is 13.0 Å². The Morgan fingerprint density at radius 1 is 1.35 bits per heavy atom. The maximum atomic E-state index is 11.7. The number of nitrogens with zero attached hydrogens (tertiary/aromatic N) is 1. The molecule has 2 aromatic rings. The summed E-state index contributed by atoms with van der Waals surface area (Å²) in [6.07, 6.45) is -0.948. The van der Waals surface area contributed by atoms with Gasteiger partial charge in [0.25, 0.3) is 0 Å². The van der Waals surface area contributed by atoms with Crippen molar-refractivity contribution in [2.24, 2.45) is 0 Å². The summed E-state index contributed by atoms with van der Waals surface area (Å²) in [6, 6.07) is 6.42. The molecule has 2 rings (SSSR count). The highest BCUT2D eigenvalue weighted by atomic mass is 35.5. The van der Waals surface area contributed by atoms with Crippen LogP contribution in [0, 0.1) is 0 Å². The molecule has 0 aliphatic carbocycles. The van der Waals surface area contributed by atoms with Gasteiger partial charge in [0.1, 0.15) is 5.69 Å². The minimum atomic E-state index is -0.948. The molecule has 5 nitrogen and oxygen atoms in total. The lowest BCUT2D eigenvalue weighted by Gasteiger charge is -2.05. The van der Waals surface area contributed by atoms with Crippen LogP contribution in [0.3, 0.4) is 0 Å². The minimum absolute atomic E-state index is 0.0879. The van der Waals surface area contributed by atoms with E-state index in [2.05, 4.69) is 4.98 Å². The van der Waals surface area contributed by atoms with Crippen molar-refractivity contribution in [2.75, 3.05) is 0 Å². The number of rotatable bonds is 2. The topological polar surface area (TPSA) is 78.2 Å². The normalized spacial score (nSPS) is 12.6. The van der Waals surface area contributed by atoms with E-state index in [1.807, 2.05) is 0 Å². The summed E-state index contributed by atoms with van der Waals surface area (Å²) in [5.74, 6) is -0.299. The highest BCUT2D eigenvalue weighted by Gasteiger charge is 2.17. The summed E-state index contributed by atoms with van der Waals surface area (Å²) in [6.45, 7) is 1.46. The van der Waals surface area contributed by atoms with Gasteiger partial charge >= 0.3 is 5.69 Å². The molecule has 0 fully saturated rings. The first-order chi connectivity index (χ1) is 8.00. The smallest absolute Gasteiger partial charge is 0.333 e. The maximum absolute atomic E-state index is 11.7. The third-order valence-corrected chi connectivity index (χ3v) is 2.65. The largest absolute Gasteiger partial charge is 0.493 e. The van der Waals surface area contributed by atoms with Gasteiger partial charge in [-0.15, -0.1) is 0 Å². The Labute approximate surface area is 102 Å². The molecular weight excluding hydrogens is 244 g/mol. The number of aromatic amines is 1. The number of aromatic hydroxyl groups is 1. The van der Waals surface area contributed by atoms with E-state index in [-0.39, 0.29) is 11.6 Å². The number of imidazole rings is 1. The van der Waals surface area contributed by atoms with Crippen molar-refractivity contribution in [1.82, 2.24) is 9.55 Å². The summed E-state index contributed by atoms with van der Waals surface area (Å²) in [5, 5.41) is 19.7. The second-order valence-electron chi connectivity index (χ2n) is 3.66. The highest BCUT2D eigenvalue weighted by Crippen LogP contribution is 2.23. The van der Waals surface area contributed by atoms with Gasteiger partial charge in [-0.2, -0.15) is 0 Å². The first-order valence-electron chi connectivity index (χ1n) is 4.98. The minimum Gasteiger partial charge on any atom is -0.493 e. The molecule has 1 atom stereocenters. The average molecular weight is 255 g/mol.